The van der Waals surface area contributed by atoms with E-state index in [9.17, 15) is 9.18 Å². The van der Waals surface area contributed by atoms with Crippen molar-refractivity contribution in [1.29, 1.82) is 0 Å². The molecule has 15 heavy (non-hydrogen) atoms. The van der Waals surface area contributed by atoms with Crippen molar-refractivity contribution in [1.82, 2.24) is 0 Å². The zero-order chi connectivity index (χ0) is 10.9. The van der Waals surface area contributed by atoms with Gasteiger partial charge in [0, 0.05) is 0 Å². The molecule has 0 heterocycles. The minimum atomic E-state index is -0.483. The largest absolute Gasteiger partial charge is 0.368 e. The maximum Gasteiger partial charge on any atom is 0.243 e. The van der Waals surface area contributed by atoms with E-state index in [0.717, 1.165) is 18.4 Å². The van der Waals surface area contributed by atoms with Crippen molar-refractivity contribution in [2.24, 2.45) is 5.73 Å². The molecule has 2 N–H and O–H groups in total. The Morgan fingerprint density at radius 1 is 1.40 bits per heavy atom. The highest BCUT2D eigenvalue weighted by molar-refractivity contribution is 5.75. The molecule has 0 spiro atoms. The van der Waals surface area contributed by atoms with Gasteiger partial charge >= 0.3 is 0 Å². The smallest absolute Gasteiger partial charge is 0.243 e. The summed E-state index contributed by atoms with van der Waals surface area (Å²) in [6, 6.07) is 6.15. The van der Waals surface area contributed by atoms with Crippen LogP contribution in [-0.2, 0) is 15.1 Å². The lowest BCUT2D eigenvalue weighted by molar-refractivity contribution is -0.125. The first-order valence-corrected chi connectivity index (χ1v) is 4.81. The minimum absolute atomic E-state index is 0.0859. The van der Waals surface area contributed by atoms with E-state index in [1.807, 2.05) is 0 Å². The summed E-state index contributed by atoms with van der Waals surface area (Å²) in [5, 5.41) is 0. The number of carbonyl (C=O) groups excluding carboxylic acids is 1. The van der Waals surface area contributed by atoms with Gasteiger partial charge < -0.3 is 10.5 Å². The van der Waals surface area contributed by atoms with Gasteiger partial charge in [0.25, 0.3) is 0 Å². The van der Waals surface area contributed by atoms with E-state index in [1.165, 1.54) is 12.1 Å². The van der Waals surface area contributed by atoms with Crippen LogP contribution < -0.4 is 5.73 Å². The lowest BCUT2D eigenvalue weighted by Gasteiger charge is -2.15. The normalized spacial score (nSPS) is 17.4. The molecule has 0 aromatic heterocycles. The van der Waals surface area contributed by atoms with Crippen LogP contribution in [0.4, 0.5) is 4.39 Å². The summed E-state index contributed by atoms with van der Waals surface area (Å²) in [6.07, 6.45) is 1.71. The van der Waals surface area contributed by atoms with E-state index in [1.54, 1.807) is 12.1 Å². The van der Waals surface area contributed by atoms with Gasteiger partial charge in [-0.3, -0.25) is 4.79 Å². The van der Waals surface area contributed by atoms with Crippen LogP contribution in [0.1, 0.15) is 18.4 Å². The topological polar surface area (TPSA) is 52.3 Å². The van der Waals surface area contributed by atoms with Crippen LogP contribution in [0.5, 0.6) is 0 Å². The van der Waals surface area contributed by atoms with E-state index in [-0.39, 0.29) is 12.4 Å². The molecule has 1 amide bonds. The van der Waals surface area contributed by atoms with Crippen LogP contribution in [0, 0.1) is 5.82 Å². The van der Waals surface area contributed by atoms with Crippen molar-refractivity contribution >= 4 is 5.91 Å². The average molecular weight is 209 g/mol. The Balaban J connectivity index is 2.09. The molecule has 0 saturated heterocycles. The van der Waals surface area contributed by atoms with Crippen LogP contribution in [0.2, 0.25) is 0 Å². The van der Waals surface area contributed by atoms with E-state index >= 15 is 0 Å². The molecule has 1 saturated carbocycles. The molecule has 2 rings (SSSR count). The number of primary amides is 1. The third-order valence-corrected chi connectivity index (χ3v) is 2.57. The second-order valence-corrected chi connectivity index (χ2v) is 3.76. The fourth-order valence-corrected chi connectivity index (χ4v) is 1.59. The van der Waals surface area contributed by atoms with Gasteiger partial charge in [-0.15, -0.1) is 0 Å². The quantitative estimate of drug-likeness (QED) is 0.813. The van der Waals surface area contributed by atoms with Crippen molar-refractivity contribution in [2.75, 3.05) is 6.61 Å². The number of hydrogen-bond acceptors (Lipinski definition) is 2. The number of rotatable bonds is 4. The fraction of sp³-hybridized carbons (Fsp3) is 0.364. The SMILES string of the molecule is NC(=O)COC1(c2ccc(F)cc2)CC1. The Morgan fingerprint density at radius 2 is 2.00 bits per heavy atom. The Labute approximate surface area is 87.0 Å². The monoisotopic (exact) mass is 209 g/mol. The third-order valence-electron chi connectivity index (χ3n) is 2.57. The number of halogens is 1. The van der Waals surface area contributed by atoms with Gasteiger partial charge in [0.1, 0.15) is 12.4 Å². The summed E-state index contributed by atoms with van der Waals surface area (Å²) in [6.45, 7) is -0.0859. The summed E-state index contributed by atoms with van der Waals surface area (Å²) in [4.78, 5) is 10.6. The molecule has 1 aromatic carbocycles. The zero-order valence-corrected chi connectivity index (χ0v) is 8.20. The van der Waals surface area contributed by atoms with E-state index in [4.69, 9.17) is 10.5 Å². The summed E-state index contributed by atoms with van der Waals surface area (Å²) in [5.74, 6) is -0.757. The Morgan fingerprint density at radius 3 is 2.47 bits per heavy atom. The third kappa shape index (κ3) is 2.15. The summed E-state index contributed by atoms with van der Waals surface area (Å²) < 4.78 is 18.1. The number of benzene rings is 1. The number of amides is 1. The summed E-state index contributed by atoms with van der Waals surface area (Å²) >= 11 is 0. The molecule has 1 aromatic rings. The molecule has 1 fully saturated rings. The van der Waals surface area contributed by atoms with Crippen molar-refractivity contribution in [3.63, 3.8) is 0 Å². The van der Waals surface area contributed by atoms with Gasteiger partial charge in [-0.05, 0) is 30.5 Å². The highest BCUT2D eigenvalue weighted by Crippen LogP contribution is 2.49. The first-order valence-electron chi connectivity index (χ1n) is 4.81. The Kier molecular flexibility index (Phi) is 2.44. The van der Waals surface area contributed by atoms with Crippen molar-refractivity contribution in [2.45, 2.75) is 18.4 Å². The molecule has 4 heteroatoms. The molecule has 0 atom stereocenters. The number of nitrogens with two attached hydrogens (primary N) is 1. The average Bonchev–Trinajstić information content (AvgIpc) is 2.97. The molecule has 0 unspecified atom stereocenters. The molecule has 0 bridgehead atoms. The number of hydrogen-bond donors (Lipinski definition) is 1. The number of carbonyl (C=O) groups is 1. The predicted molar refractivity (Wildman–Crippen MR) is 52.5 cm³/mol. The Hall–Kier alpha value is -1.42. The molecule has 1 aliphatic rings. The van der Waals surface area contributed by atoms with Crippen LogP contribution in [-0.4, -0.2) is 12.5 Å². The summed E-state index contributed by atoms with van der Waals surface area (Å²) in [5.41, 5.74) is 5.51. The molecule has 80 valence electrons. The van der Waals surface area contributed by atoms with Crippen molar-refractivity contribution < 1.29 is 13.9 Å². The lowest BCUT2D eigenvalue weighted by Crippen LogP contribution is -2.23. The van der Waals surface area contributed by atoms with Gasteiger partial charge in [-0.1, -0.05) is 12.1 Å². The van der Waals surface area contributed by atoms with Crippen molar-refractivity contribution in [3.05, 3.63) is 35.6 Å². The first-order chi connectivity index (χ1) is 7.12. The van der Waals surface area contributed by atoms with Crippen LogP contribution in [0.25, 0.3) is 0 Å². The molecule has 3 nitrogen and oxygen atoms in total. The van der Waals surface area contributed by atoms with Gasteiger partial charge in [-0.2, -0.15) is 0 Å². The van der Waals surface area contributed by atoms with E-state index < -0.39 is 11.5 Å². The highest BCUT2D eigenvalue weighted by Gasteiger charge is 2.45. The maximum atomic E-state index is 12.7. The lowest BCUT2D eigenvalue weighted by atomic mass is 10.1. The maximum absolute atomic E-state index is 12.7. The van der Waals surface area contributed by atoms with Gasteiger partial charge in [0.2, 0.25) is 5.91 Å². The second kappa shape index (κ2) is 3.62. The molecule has 0 aliphatic heterocycles. The van der Waals surface area contributed by atoms with E-state index in [2.05, 4.69) is 0 Å². The van der Waals surface area contributed by atoms with Gasteiger partial charge in [0.15, 0.2) is 0 Å². The predicted octanol–water partition coefficient (Wildman–Crippen LogP) is 1.32. The van der Waals surface area contributed by atoms with Crippen molar-refractivity contribution in [3.8, 4) is 0 Å². The van der Waals surface area contributed by atoms with E-state index in [0.29, 0.717) is 0 Å². The standard InChI is InChI=1S/C11H12FNO2/c12-9-3-1-8(2-4-9)11(5-6-11)15-7-10(13)14/h1-4H,5-7H2,(H2,13,14). The minimum Gasteiger partial charge on any atom is -0.368 e. The first kappa shape index (κ1) is 10.1. The zero-order valence-electron chi connectivity index (χ0n) is 8.20. The summed E-state index contributed by atoms with van der Waals surface area (Å²) in [7, 11) is 0. The van der Waals surface area contributed by atoms with Gasteiger partial charge in [-0.25, -0.2) is 4.39 Å². The molecular formula is C11H12FNO2. The second-order valence-electron chi connectivity index (χ2n) is 3.76. The molecule has 1 aliphatic carbocycles. The molecular weight excluding hydrogens is 197 g/mol. The molecule has 0 radical (unpaired) electrons. The van der Waals surface area contributed by atoms with Crippen LogP contribution in [0.15, 0.2) is 24.3 Å². The highest BCUT2D eigenvalue weighted by atomic mass is 19.1. The fourth-order valence-electron chi connectivity index (χ4n) is 1.59. The van der Waals surface area contributed by atoms with Crippen LogP contribution in [0.3, 0.4) is 0 Å². The number of ether oxygens (including phenoxy) is 1. The van der Waals surface area contributed by atoms with Crippen LogP contribution >= 0.6 is 0 Å². The van der Waals surface area contributed by atoms with Gasteiger partial charge in [0.05, 0.1) is 5.60 Å². The Bertz CT molecular complexity index is 371.